The summed E-state index contributed by atoms with van der Waals surface area (Å²) in [5, 5.41) is 10.2. The molecule has 0 spiro atoms. The van der Waals surface area contributed by atoms with Gasteiger partial charge in [-0.3, -0.25) is 0 Å². The third-order valence-corrected chi connectivity index (χ3v) is 14.0. The van der Waals surface area contributed by atoms with E-state index in [4.69, 9.17) is 24.4 Å². The summed E-state index contributed by atoms with van der Waals surface area (Å²) in [5.74, 6) is 1.93. The molecule has 0 radical (unpaired) electrons. The largest absolute Gasteiger partial charge is 0.456 e. The highest BCUT2D eigenvalue weighted by Crippen LogP contribution is 2.47. The molecule has 7 heteroatoms. The summed E-state index contributed by atoms with van der Waals surface area (Å²) in [6, 6.07) is 63.8. The van der Waals surface area contributed by atoms with Gasteiger partial charge in [-0.25, -0.2) is 19.9 Å². The highest BCUT2D eigenvalue weighted by molar-refractivity contribution is 7.27. The number of furan rings is 1. The van der Waals surface area contributed by atoms with Crippen LogP contribution in [-0.2, 0) is 0 Å². The van der Waals surface area contributed by atoms with Gasteiger partial charge in [0.2, 0.25) is 0 Å². The first-order valence-electron chi connectivity index (χ1n) is 20.2. The van der Waals surface area contributed by atoms with Crippen LogP contribution in [0.2, 0.25) is 0 Å². The Balaban J connectivity index is 0.958. The van der Waals surface area contributed by atoms with Gasteiger partial charge in [-0.1, -0.05) is 133 Å². The molecule has 0 aliphatic rings. The molecule has 0 atom stereocenters. The fraction of sp³-hybridized carbons (Fsp3) is 0. The molecule has 0 aliphatic heterocycles. The number of hydrogen-bond acceptors (Lipinski definition) is 7. The molecule has 61 heavy (non-hydrogen) atoms. The molecule has 0 fully saturated rings. The molecule has 5 nitrogen and oxygen atoms in total. The van der Waals surface area contributed by atoms with Crippen molar-refractivity contribution in [3.63, 3.8) is 0 Å². The molecule has 0 unspecified atom stereocenters. The van der Waals surface area contributed by atoms with Crippen molar-refractivity contribution in [2.45, 2.75) is 0 Å². The Labute approximate surface area is 356 Å². The summed E-state index contributed by atoms with van der Waals surface area (Å²) in [6.07, 6.45) is 0. The van der Waals surface area contributed by atoms with Crippen LogP contribution in [0.15, 0.2) is 186 Å². The Morgan fingerprint density at radius 1 is 0.361 bits per heavy atom. The molecule has 13 rings (SSSR count). The Morgan fingerprint density at radius 2 is 1.03 bits per heavy atom. The number of aromatic nitrogens is 4. The van der Waals surface area contributed by atoms with Crippen LogP contribution in [-0.4, -0.2) is 19.9 Å². The summed E-state index contributed by atoms with van der Waals surface area (Å²) in [6.45, 7) is 0. The molecule has 0 bridgehead atoms. The molecule has 0 saturated heterocycles. The number of nitrogens with zero attached hydrogens (tertiary/aromatic N) is 4. The zero-order valence-corrected chi connectivity index (χ0v) is 34.0. The molecular formula is C54H30N4OS2. The second-order valence-electron chi connectivity index (χ2n) is 15.3. The average molecular weight is 815 g/mol. The van der Waals surface area contributed by atoms with E-state index >= 15 is 0 Å². The molecule has 0 aliphatic carbocycles. The Kier molecular flexibility index (Phi) is 7.58. The zero-order valence-electron chi connectivity index (χ0n) is 32.3. The number of thiophene rings is 1. The van der Waals surface area contributed by atoms with E-state index < -0.39 is 0 Å². The van der Waals surface area contributed by atoms with E-state index in [2.05, 4.69) is 152 Å². The lowest BCUT2D eigenvalue weighted by Crippen LogP contribution is -2.00. The van der Waals surface area contributed by atoms with Crippen molar-refractivity contribution in [3.8, 4) is 55.9 Å². The molecule has 0 N–H and O–H groups in total. The molecule has 0 amide bonds. The summed E-state index contributed by atoms with van der Waals surface area (Å²) in [4.78, 5) is 20.7. The zero-order chi connectivity index (χ0) is 40.0. The number of fused-ring (bicyclic) bond motifs is 10. The molecule has 13 aromatic rings. The van der Waals surface area contributed by atoms with Crippen LogP contribution in [0.4, 0.5) is 0 Å². The number of para-hydroxylation sites is 1. The minimum Gasteiger partial charge on any atom is -0.456 e. The van der Waals surface area contributed by atoms with E-state index in [1.165, 1.54) is 41.4 Å². The van der Waals surface area contributed by atoms with E-state index in [0.29, 0.717) is 17.5 Å². The van der Waals surface area contributed by atoms with Crippen LogP contribution in [0.25, 0.3) is 130 Å². The van der Waals surface area contributed by atoms with E-state index in [-0.39, 0.29) is 0 Å². The second-order valence-corrected chi connectivity index (χ2v) is 17.4. The van der Waals surface area contributed by atoms with E-state index in [0.717, 1.165) is 70.9 Å². The van der Waals surface area contributed by atoms with Crippen molar-refractivity contribution in [3.05, 3.63) is 182 Å². The maximum atomic E-state index is 6.13. The van der Waals surface area contributed by atoms with Gasteiger partial charge >= 0.3 is 0 Å². The Morgan fingerprint density at radius 3 is 1.92 bits per heavy atom. The topological polar surface area (TPSA) is 64.7 Å². The number of benzene rings is 9. The SMILES string of the molecule is c1ccc(-c2nc(-c3ccc4ccccc4c3)nc(-c3ccc(-c4cccc5c4sc4ccc6sc(-c7ccc8oc9ccccc9c8c7)nc6c45)c4ccccc34)n2)cc1. The van der Waals surface area contributed by atoms with Gasteiger partial charge in [0.05, 0.1) is 10.2 Å². The van der Waals surface area contributed by atoms with Crippen LogP contribution in [0.5, 0.6) is 0 Å². The van der Waals surface area contributed by atoms with Gasteiger partial charge in [0.25, 0.3) is 0 Å². The van der Waals surface area contributed by atoms with Crippen LogP contribution in [0, 0.1) is 0 Å². The van der Waals surface area contributed by atoms with Crippen molar-refractivity contribution < 1.29 is 4.42 Å². The smallest absolute Gasteiger partial charge is 0.164 e. The van der Waals surface area contributed by atoms with Gasteiger partial charge in [-0.05, 0) is 75.6 Å². The lowest BCUT2D eigenvalue weighted by atomic mass is 9.94. The molecule has 0 saturated carbocycles. The molecule has 4 heterocycles. The highest BCUT2D eigenvalue weighted by Gasteiger charge is 2.20. The van der Waals surface area contributed by atoms with Crippen molar-refractivity contribution in [1.29, 1.82) is 0 Å². The predicted molar refractivity (Wildman–Crippen MR) is 255 cm³/mol. The fourth-order valence-electron chi connectivity index (χ4n) is 8.87. The van der Waals surface area contributed by atoms with Gasteiger partial charge < -0.3 is 4.42 Å². The molecule has 4 aromatic heterocycles. The summed E-state index contributed by atoms with van der Waals surface area (Å²) >= 11 is 3.58. The van der Waals surface area contributed by atoms with Crippen LogP contribution < -0.4 is 0 Å². The van der Waals surface area contributed by atoms with Crippen LogP contribution in [0.1, 0.15) is 0 Å². The average Bonchev–Trinajstić information content (AvgIpc) is 4.04. The third-order valence-electron chi connectivity index (χ3n) is 11.8. The fourth-order valence-corrected chi connectivity index (χ4v) is 11.1. The first-order chi connectivity index (χ1) is 30.2. The Hall–Kier alpha value is -7.58. The Bertz CT molecular complexity index is 3900. The number of thiazole rings is 1. The monoisotopic (exact) mass is 814 g/mol. The quantitative estimate of drug-likeness (QED) is 0.173. The van der Waals surface area contributed by atoms with Gasteiger partial charge in [-0.15, -0.1) is 22.7 Å². The molecule has 9 aromatic carbocycles. The number of hydrogen-bond donors (Lipinski definition) is 0. The minimum absolute atomic E-state index is 0.640. The van der Waals surface area contributed by atoms with E-state index in [1.807, 2.05) is 41.7 Å². The lowest BCUT2D eigenvalue weighted by Gasteiger charge is -2.14. The number of rotatable bonds is 5. The lowest BCUT2D eigenvalue weighted by molar-refractivity contribution is 0.669. The van der Waals surface area contributed by atoms with Gasteiger partial charge in [0.15, 0.2) is 17.5 Å². The van der Waals surface area contributed by atoms with E-state index in [9.17, 15) is 0 Å². The van der Waals surface area contributed by atoms with Crippen molar-refractivity contribution in [1.82, 2.24) is 19.9 Å². The van der Waals surface area contributed by atoms with Gasteiger partial charge in [-0.2, -0.15) is 0 Å². The standard InChI is InChI=1S/C54H30N4OS2/c1-2-12-32(13-3-1)51-56-52(34-22-21-31-11-4-5-14-33(31)29-34)58-53(57-51)41-25-24-38(36-15-6-7-16-37(36)41)40-18-10-19-42-48-46(60-50(40)42)27-28-47-49(48)55-54(61-47)35-23-26-45-43(30-35)39-17-8-9-20-44(39)59-45/h1-30H. The minimum atomic E-state index is 0.640. The predicted octanol–water partition coefficient (Wildman–Crippen LogP) is 15.4. The van der Waals surface area contributed by atoms with E-state index in [1.54, 1.807) is 11.3 Å². The van der Waals surface area contributed by atoms with Crippen molar-refractivity contribution in [2.75, 3.05) is 0 Å². The maximum absolute atomic E-state index is 6.13. The van der Waals surface area contributed by atoms with Crippen molar-refractivity contribution in [2.24, 2.45) is 0 Å². The third kappa shape index (κ3) is 5.52. The summed E-state index contributed by atoms with van der Waals surface area (Å²) in [7, 11) is 0. The molecule has 284 valence electrons. The second kappa shape index (κ2) is 13.5. The normalized spacial score (nSPS) is 11.9. The van der Waals surface area contributed by atoms with Gasteiger partial charge in [0.1, 0.15) is 16.2 Å². The van der Waals surface area contributed by atoms with Gasteiger partial charge in [0, 0.05) is 58.8 Å². The summed E-state index contributed by atoms with van der Waals surface area (Å²) in [5.41, 5.74) is 9.15. The molecular weight excluding hydrogens is 785 g/mol. The first-order valence-corrected chi connectivity index (χ1v) is 21.8. The van der Waals surface area contributed by atoms with Crippen LogP contribution >= 0.6 is 22.7 Å². The van der Waals surface area contributed by atoms with Crippen molar-refractivity contribution >= 4 is 96.5 Å². The first kappa shape index (κ1) is 34.3. The maximum Gasteiger partial charge on any atom is 0.164 e. The van der Waals surface area contributed by atoms with Crippen LogP contribution in [0.3, 0.4) is 0 Å². The summed E-state index contributed by atoms with van der Waals surface area (Å²) < 4.78 is 9.78. The highest BCUT2D eigenvalue weighted by atomic mass is 32.1.